The first-order valence-electron chi connectivity index (χ1n) is 6.45. The van der Waals surface area contributed by atoms with Crippen molar-refractivity contribution < 1.29 is 0 Å². The van der Waals surface area contributed by atoms with E-state index in [1.807, 2.05) is 29.8 Å². The molecule has 2 aromatic rings. The number of hydrogen-bond donors (Lipinski definition) is 1. The molecule has 0 fully saturated rings. The summed E-state index contributed by atoms with van der Waals surface area (Å²) in [6.45, 7) is 10.7. The standard InChI is InChI=1S/C14H21N5/c1-9-6-7-11(15)8-12(9)13-16-17-18-19(13)10(2)14(3,4)5/h6-8,10H,15H2,1-5H3. The van der Waals surface area contributed by atoms with Crippen LogP contribution >= 0.6 is 0 Å². The van der Waals surface area contributed by atoms with Crippen LogP contribution in [0.5, 0.6) is 0 Å². The fourth-order valence-corrected chi connectivity index (χ4v) is 1.88. The zero-order chi connectivity index (χ0) is 14.2. The number of nitrogen functional groups attached to an aromatic ring is 1. The molecule has 0 aliphatic rings. The fraction of sp³-hybridized carbons (Fsp3) is 0.500. The van der Waals surface area contributed by atoms with Gasteiger partial charge in [0.2, 0.25) is 0 Å². The topological polar surface area (TPSA) is 69.6 Å². The molecule has 0 spiro atoms. The van der Waals surface area contributed by atoms with Crippen LogP contribution in [0.3, 0.4) is 0 Å². The summed E-state index contributed by atoms with van der Waals surface area (Å²) in [5.74, 6) is 0.771. The fourth-order valence-electron chi connectivity index (χ4n) is 1.88. The van der Waals surface area contributed by atoms with Gasteiger partial charge in [0.25, 0.3) is 0 Å². The predicted molar refractivity (Wildman–Crippen MR) is 76.6 cm³/mol. The number of benzene rings is 1. The lowest BCUT2D eigenvalue weighted by molar-refractivity contribution is 0.243. The Morgan fingerprint density at radius 1 is 1.26 bits per heavy atom. The van der Waals surface area contributed by atoms with Crippen molar-refractivity contribution in [2.45, 2.75) is 40.7 Å². The Kier molecular flexibility index (Phi) is 3.30. The van der Waals surface area contributed by atoms with E-state index < -0.39 is 0 Å². The zero-order valence-electron chi connectivity index (χ0n) is 12.2. The molecule has 0 aliphatic heterocycles. The molecule has 1 atom stereocenters. The normalized spacial score (nSPS) is 13.5. The summed E-state index contributed by atoms with van der Waals surface area (Å²) < 4.78 is 1.88. The van der Waals surface area contributed by atoms with Crippen LogP contribution in [0, 0.1) is 12.3 Å². The van der Waals surface area contributed by atoms with E-state index in [2.05, 4.69) is 43.2 Å². The van der Waals surface area contributed by atoms with E-state index in [1.165, 1.54) is 0 Å². The third kappa shape index (κ3) is 2.59. The maximum absolute atomic E-state index is 5.87. The smallest absolute Gasteiger partial charge is 0.182 e. The van der Waals surface area contributed by atoms with Crippen molar-refractivity contribution in [1.82, 2.24) is 20.2 Å². The minimum atomic E-state index is 0.0817. The molecule has 1 aromatic heterocycles. The van der Waals surface area contributed by atoms with Crippen LogP contribution in [0.2, 0.25) is 0 Å². The molecule has 102 valence electrons. The SMILES string of the molecule is Cc1ccc(N)cc1-c1nnnn1C(C)C(C)(C)C. The van der Waals surface area contributed by atoms with E-state index in [-0.39, 0.29) is 11.5 Å². The Bertz CT molecular complexity index is 580. The van der Waals surface area contributed by atoms with E-state index in [0.29, 0.717) is 0 Å². The number of aromatic nitrogens is 4. The first kappa shape index (κ1) is 13.5. The zero-order valence-corrected chi connectivity index (χ0v) is 12.2. The number of anilines is 1. The molecule has 5 nitrogen and oxygen atoms in total. The van der Waals surface area contributed by atoms with Crippen molar-refractivity contribution in [3.8, 4) is 11.4 Å². The van der Waals surface area contributed by atoms with Gasteiger partial charge >= 0.3 is 0 Å². The van der Waals surface area contributed by atoms with Crippen LogP contribution in [0.15, 0.2) is 18.2 Å². The Labute approximate surface area is 113 Å². The van der Waals surface area contributed by atoms with E-state index >= 15 is 0 Å². The van der Waals surface area contributed by atoms with E-state index in [9.17, 15) is 0 Å². The highest BCUT2D eigenvalue weighted by Crippen LogP contribution is 2.33. The van der Waals surface area contributed by atoms with E-state index in [0.717, 1.165) is 22.6 Å². The van der Waals surface area contributed by atoms with Gasteiger partial charge in [-0.1, -0.05) is 26.8 Å². The van der Waals surface area contributed by atoms with Crippen molar-refractivity contribution in [3.05, 3.63) is 23.8 Å². The van der Waals surface area contributed by atoms with Crippen LogP contribution in [0.25, 0.3) is 11.4 Å². The molecular weight excluding hydrogens is 238 g/mol. The van der Waals surface area contributed by atoms with Gasteiger partial charge in [-0.15, -0.1) is 5.10 Å². The largest absolute Gasteiger partial charge is 0.399 e. The molecule has 2 rings (SSSR count). The van der Waals surface area contributed by atoms with Gasteiger partial charge in [0.05, 0.1) is 6.04 Å². The monoisotopic (exact) mass is 259 g/mol. The van der Waals surface area contributed by atoms with Crippen molar-refractivity contribution in [3.63, 3.8) is 0 Å². The maximum Gasteiger partial charge on any atom is 0.182 e. The lowest BCUT2D eigenvalue weighted by Gasteiger charge is -2.27. The first-order valence-corrected chi connectivity index (χ1v) is 6.45. The Morgan fingerprint density at radius 3 is 2.58 bits per heavy atom. The summed E-state index contributed by atoms with van der Waals surface area (Å²) >= 11 is 0. The summed E-state index contributed by atoms with van der Waals surface area (Å²) in [7, 11) is 0. The van der Waals surface area contributed by atoms with Gasteiger partial charge in [-0.05, 0) is 47.4 Å². The van der Waals surface area contributed by atoms with Crippen molar-refractivity contribution in [2.75, 3.05) is 5.73 Å². The third-order valence-corrected chi connectivity index (χ3v) is 3.62. The number of aryl methyl sites for hydroxylation is 1. The molecule has 2 N–H and O–H groups in total. The van der Waals surface area contributed by atoms with Crippen LogP contribution < -0.4 is 5.73 Å². The Balaban J connectivity index is 2.53. The second-order valence-corrected chi connectivity index (χ2v) is 6.06. The second-order valence-electron chi connectivity index (χ2n) is 6.06. The Hall–Kier alpha value is -1.91. The van der Waals surface area contributed by atoms with Crippen molar-refractivity contribution in [1.29, 1.82) is 0 Å². The molecule has 0 saturated heterocycles. The molecule has 0 radical (unpaired) electrons. The van der Waals surface area contributed by atoms with Gasteiger partial charge < -0.3 is 5.73 Å². The molecule has 0 aliphatic carbocycles. The van der Waals surface area contributed by atoms with Crippen LogP contribution in [0.1, 0.15) is 39.3 Å². The molecule has 0 saturated carbocycles. The maximum atomic E-state index is 5.87. The Morgan fingerprint density at radius 2 is 1.95 bits per heavy atom. The second kappa shape index (κ2) is 4.64. The number of hydrogen-bond acceptors (Lipinski definition) is 4. The summed E-state index contributed by atoms with van der Waals surface area (Å²) in [5, 5.41) is 12.1. The van der Waals surface area contributed by atoms with E-state index in [4.69, 9.17) is 5.73 Å². The van der Waals surface area contributed by atoms with Crippen molar-refractivity contribution >= 4 is 5.69 Å². The quantitative estimate of drug-likeness (QED) is 0.842. The summed E-state index contributed by atoms with van der Waals surface area (Å²) in [6, 6.07) is 6.00. The third-order valence-electron chi connectivity index (χ3n) is 3.62. The van der Waals surface area contributed by atoms with Gasteiger partial charge in [-0.25, -0.2) is 4.68 Å². The van der Waals surface area contributed by atoms with Gasteiger partial charge in [-0.3, -0.25) is 0 Å². The average molecular weight is 259 g/mol. The lowest BCUT2D eigenvalue weighted by atomic mass is 9.88. The first-order chi connectivity index (χ1) is 8.80. The molecule has 1 unspecified atom stereocenters. The number of nitrogens with two attached hydrogens (primary N) is 1. The molecule has 0 amide bonds. The van der Waals surface area contributed by atoms with Gasteiger partial charge in [-0.2, -0.15) is 0 Å². The molecule has 19 heavy (non-hydrogen) atoms. The lowest BCUT2D eigenvalue weighted by Crippen LogP contribution is -2.23. The minimum Gasteiger partial charge on any atom is -0.399 e. The van der Waals surface area contributed by atoms with Crippen LogP contribution in [-0.2, 0) is 0 Å². The summed E-state index contributed by atoms with van der Waals surface area (Å²) in [5.41, 5.74) is 8.77. The molecule has 1 aromatic carbocycles. The average Bonchev–Trinajstić information content (AvgIpc) is 2.78. The molecular formula is C14H21N5. The highest BCUT2D eigenvalue weighted by molar-refractivity contribution is 5.65. The highest BCUT2D eigenvalue weighted by atomic mass is 15.5. The summed E-state index contributed by atoms with van der Waals surface area (Å²) in [4.78, 5) is 0. The predicted octanol–water partition coefficient (Wildman–Crippen LogP) is 2.84. The number of rotatable bonds is 2. The highest BCUT2D eigenvalue weighted by Gasteiger charge is 2.26. The van der Waals surface area contributed by atoms with E-state index in [1.54, 1.807) is 0 Å². The van der Waals surface area contributed by atoms with Gasteiger partial charge in [0, 0.05) is 11.3 Å². The number of nitrogens with zero attached hydrogens (tertiary/aromatic N) is 4. The van der Waals surface area contributed by atoms with Gasteiger partial charge in [0.15, 0.2) is 5.82 Å². The minimum absolute atomic E-state index is 0.0817. The van der Waals surface area contributed by atoms with Crippen LogP contribution in [0.4, 0.5) is 5.69 Å². The van der Waals surface area contributed by atoms with Gasteiger partial charge in [0.1, 0.15) is 0 Å². The molecule has 1 heterocycles. The number of tetrazole rings is 1. The van der Waals surface area contributed by atoms with Crippen molar-refractivity contribution in [2.24, 2.45) is 5.41 Å². The summed E-state index contributed by atoms with van der Waals surface area (Å²) in [6.07, 6.45) is 0. The molecule has 5 heteroatoms. The van der Waals surface area contributed by atoms with Crippen LogP contribution in [-0.4, -0.2) is 20.2 Å². The molecule has 0 bridgehead atoms.